The van der Waals surface area contributed by atoms with Crippen LogP contribution in [0.3, 0.4) is 0 Å². The Bertz CT molecular complexity index is 337. The largest absolute Gasteiger partial charge is 0.480 e. The van der Waals surface area contributed by atoms with Gasteiger partial charge in [0.15, 0.2) is 0 Å². The van der Waals surface area contributed by atoms with Crippen molar-refractivity contribution in [2.45, 2.75) is 64.5 Å². The maximum atomic E-state index is 12.0. The maximum absolute atomic E-state index is 12.0. The van der Waals surface area contributed by atoms with Crippen molar-refractivity contribution in [1.82, 2.24) is 10.2 Å². The van der Waals surface area contributed by atoms with E-state index < -0.39 is 11.5 Å². The Hall–Kier alpha value is -0.610. The van der Waals surface area contributed by atoms with Crippen molar-refractivity contribution in [3.63, 3.8) is 0 Å². The van der Waals surface area contributed by atoms with E-state index in [0.29, 0.717) is 12.5 Å². The van der Waals surface area contributed by atoms with Gasteiger partial charge in [0.2, 0.25) is 0 Å². The van der Waals surface area contributed by atoms with Crippen molar-refractivity contribution in [2.24, 2.45) is 11.8 Å². The lowest BCUT2D eigenvalue weighted by molar-refractivity contribution is -0.147. The minimum absolute atomic E-state index is 0.205. The average molecular weight is 282 g/mol. The van der Waals surface area contributed by atoms with Crippen LogP contribution in [0.5, 0.6) is 0 Å². The van der Waals surface area contributed by atoms with Crippen LogP contribution in [0.4, 0.5) is 0 Å². The second-order valence-electron chi connectivity index (χ2n) is 7.03. The predicted molar refractivity (Wildman–Crippen MR) is 80.8 cm³/mol. The summed E-state index contributed by atoms with van der Waals surface area (Å²) in [5.74, 6) is 0.456. The Morgan fingerprint density at radius 2 is 2.00 bits per heavy atom. The molecule has 0 saturated heterocycles. The van der Waals surface area contributed by atoms with Crippen LogP contribution in [0.25, 0.3) is 0 Å². The number of carboxylic acid groups (broad SMARTS) is 1. The zero-order valence-electron chi connectivity index (χ0n) is 13.2. The van der Waals surface area contributed by atoms with E-state index in [9.17, 15) is 9.90 Å². The van der Waals surface area contributed by atoms with Crippen molar-refractivity contribution < 1.29 is 9.90 Å². The highest BCUT2D eigenvalue weighted by Crippen LogP contribution is 2.41. The van der Waals surface area contributed by atoms with Crippen molar-refractivity contribution in [1.29, 1.82) is 0 Å². The molecule has 0 radical (unpaired) electrons. The SMILES string of the molecule is CCCN(CC1CC1)CC(NC(C)C)(C(=O)O)C1CC1. The zero-order chi connectivity index (χ0) is 14.8. The predicted octanol–water partition coefficient (Wildman–Crippen LogP) is 2.34. The van der Waals surface area contributed by atoms with E-state index in [1.807, 2.05) is 13.8 Å². The van der Waals surface area contributed by atoms with Gasteiger partial charge in [0.1, 0.15) is 5.54 Å². The first-order chi connectivity index (χ1) is 9.48. The number of carboxylic acids is 1. The number of nitrogens with zero attached hydrogens (tertiary/aromatic N) is 1. The molecule has 0 aliphatic heterocycles. The fraction of sp³-hybridized carbons (Fsp3) is 0.938. The molecule has 0 amide bonds. The summed E-state index contributed by atoms with van der Waals surface area (Å²) in [6.45, 7) is 9.02. The monoisotopic (exact) mass is 282 g/mol. The average Bonchev–Trinajstić information content (AvgIpc) is 3.21. The summed E-state index contributed by atoms with van der Waals surface area (Å²) in [4.78, 5) is 14.4. The summed E-state index contributed by atoms with van der Waals surface area (Å²) in [5, 5.41) is 13.3. The van der Waals surface area contributed by atoms with E-state index >= 15 is 0 Å². The number of hydrogen-bond acceptors (Lipinski definition) is 3. The first-order valence-corrected chi connectivity index (χ1v) is 8.21. The number of aliphatic carboxylic acids is 1. The van der Waals surface area contributed by atoms with Gasteiger partial charge in [0.25, 0.3) is 0 Å². The normalized spacial score (nSPS) is 22.2. The Balaban J connectivity index is 2.08. The highest BCUT2D eigenvalue weighted by molar-refractivity contribution is 5.80. The minimum Gasteiger partial charge on any atom is -0.480 e. The van der Waals surface area contributed by atoms with E-state index in [2.05, 4.69) is 17.1 Å². The lowest BCUT2D eigenvalue weighted by Crippen LogP contribution is -2.62. The molecule has 4 heteroatoms. The molecule has 2 aliphatic rings. The topological polar surface area (TPSA) is 52.6 Å². The molecule has 116 valence electrons. The van der Waals surface area contributed by atoms with Crippen molar-refractivity contribution in [3.8, 4) is 0 Å². The van der Waals surface area contributed by atoms with Crippen LogP contribution in [-0.2, 0) is 4.79 Å². The van der Waals surface area contributed by atoms with E-state index in [0.717, 1.165) is 38.3 Å². The first kappa shape index (κ1) is 15.8. The number of rotatable bonds is 10. The van der Waals surface area contributed by atoms with E-state index in [-0.39, 0.29) is 6.04 Å². The molecule has 20 heavy (non-hydrogen) atoms. The fourth-order valence-corrected chi connectivity index (χ4v) is 3.26. The zero-order valence-corrected chi connectivity index (χ0v) is 13.2. The molecule has 2 aliphatic carbocycles. The van der Waals surface area contributed by atoms with Gasteiger partial charge in [-0.3, -0.25) is 10.1 Å². The van der Waals surface area contributed by atoms with Gasteiger partial charge in [-0.2, -0.15) is 0 Å². The van der Waals surface area contributed by atoms with Crippen LogP contribution in [-0.4, -0.2) is 47.2 Å². The van der Waals surface area contributed by atoms with Crippen molar-refractivity contribution in [2.75, 3.05) is 19.6 Å². The molecule has 2 saturated carbocycles. The van der Waals surface area contributed by atoms with Gasteiger partial charge in [-0.15, -0.1) is 0 Å². The molecule has 1 unspecified atom stereocenters. The molecule has 0 aromatic heterocycles. The van der Waals surface area contributed by atoms with Crippen LogP contribution < -0.4 is 5.32 Å². The third-order valence-corrected chi connectivity index (χ3v) is 4.43. The first-order valence-electron chi connectivity index (χ1n) is 8.21. The molecule has 2 rings (SSSR count). The van der Waals surface area contributed by atoms with Gasteiger partial charge in [0, 0.05) is 19.1 Å². The van der Waals surface area contributed by atoms with Gasteiger partial charge in [-0.25, -0.2) is 0 Å². The summed E-state index contributed by atoms with van der Waals surface area (Å²) < 4.78 is 0. The van der Waals surface area contributed by atoms with E-state index in [1.54, 1.807) is 0 Å². The van der Waals surface area contributed by atoms with E-state index in [1.165, 1.54) is 12.8 Å². The van der Waals surface area contributed by atoms with E-state index in [4.69, 9.17) is 0 Å². The molecular weight excluding hydrogens is 252 g/mol. The van der Waals surface area contributed by atoms with Crippen LogP contribution >= 0.6 is 0 Å². The Kier molecular flexibility index (Phi) is 5.08. The quantitative estimate of drug-likeness (QED) is 0.646. The molecule has 0 spiro atoms. The smallest absolute Gasteiger partial charge is 0.325 e. The number of nitrogens with one attached hydrogen (secondary N) is 1. The third kappa shape index (κ3) is 3.95. The Labute approximate surface area is 122 Å². The summed E-state index contributed by atoms with van der Waals surface area (Å²) in [7, 11) is 0. The van der Waals surface area contributed by atoms with Gasteiger partial charge >= 0.3 is 5.97 Å². The molecule has 4 nitrogen and oxygen atoms in total. The molecule has 1 atom stereocenters. The number of carbonyl (C=O) groups is 1. The summed E-state index contributed by atoms with van der Waals surface area (Å²) >= 11 is 0. The summed E-state index contributed by atoms with van der Waals surface area (Å²) in [5.41, 5.74) is -0.738. The molecule has 0 heterocycles. The summed E-state index contributed by atoms with van der Waals surface area (Å²) in [6.07, 6.45) is 5.84. The highest BCUT2D eigenvalue weighted by atomic mass is 16.4. The molecule has 2 fully saturated rings. The van der Waals surface area contributed by atoms with Crippen LogP contribution in [0.1, 0.15) is 52.9 Å². The Morgan fingerprint density at radius 3 is 2.40 bits per heavy atom. The van der Waals surface area contributed by atoms with Gasteiger partial charge < -0.3 is 10.0 Å². The van der Waals surface area contributed by atoms with Gasteiger partial charge in [-0.1, -0.05) is 6.92 Å². The minimum atomic E-state index is -0.738. The van der Waals surface area contributed by atoms with Gasteiger partial charge in [0.05, 0.1) is 0 Å². The van der Waals surface area contributed by atoms with Gasteiger partial charge in [-0.05, 0) is 64.3 Å². The van der Waals surface area contributed by atoms with Crippen LogP contribution in [0.2, 0.25) is 0 Å². The highest BCUT2D eigenvalue weighted by Gasteiger charge is 2.52. The number of hydrogen-bond donors (Lipinski definition) is 2. The Morgan fingerprint density at radius 1 is 1.35 bits per heavy atom. The lowest BCUT2D eigenvalue weighted by Gasteiger charge is -2.38. The van der Waals surface area contributed by atoms with Crippen molar-refractivity contribution >= 4 is 5.97 Å². The van der Waals surface area contributed by atoms with Crippen LogP contribution in [0, 0.1) is 11.8 Å². The second kappa shape index (κ2) is 6.44. The second-order valence-corrected chi connectivity index (χ2v) is 7.03. The van der Waals surface area contributed by atoms with Crippen LogP contribution in [0.15, 0.2) is 0 Å². The lowest BCUT2D eigenvalue weighted by atomic mass is 9.91. The fourth-order valence-electron chi connectivity index (χ4n) is 3.26. The van der Waals surface area contributed by atoms with Crippen molar-refractivity contribution in [3.05, 3.63) is 0 Å². The molecule has 0 bridgehead atoms. The maximum Gasteiger partial charge on any atom is 0.325 e. The summed E-state index contributed by atoms with van der Waals surface area (Å²) in [6, 6.07) is 0.205. The standard InChI is InChI=1S/C16H30N2O2/c1-4-9-18(10-13-5-6-13)11-16(15(19)20,14-7-8-14)17-12(2)3/h12-14,17H,4-11H2,1-3H3,(H,19,20). The molecular formula is C16H30N2O2. The molecule has 0 aromatic carbocycles. The molecule has 0 aromatic rings. The third-order valence-electron chi connectivity index (χ3n) is 4.43. The molecule has 2 N–H and O–H groups in total.